The van der Waals surface area contributed by atoms with Gasteiger partial charge < -0.3 is 24.6 Å². The van der Waals surface area contributed by atoms with Crippen LogP contribution in [0.1, 0.15) is 31.7 Å². The van der Waals surface area contributed by atoms with Crippen molar-refractivity contribution in [2.75, 3.05) is 59.5 Å². The SMILES string of the molecule is CN=C(NCc1ccc2c(c1)OCCCO2)N1CCN(C(C)C(=O)N2CCCC2)CC1. The first kappa shape index (κ1) is 21.7. The highest BCUT2D eigenvalue weighted by Gasteiger charge is 2.30. The first-order valence-electron chi connectivity index (χ1n) is 11.5. The fourth-order valence-corrected chi connectivity index (χ4v) is 4.51. The molecule has 1 unspecified atom stereocenters. The predicted octanol–water partition coefficient (Wildman–Crippen LogP) is 1.55. The second-order valence-electron chi connectivity index (χ2n) is 8.46. The largest absolute Gasteiger partial charge is 0.490 e. The molecule has 8 nitrogen and oxygen atoms in total. The number of nitrogens with one attached hydrogen (secondary N) is 1. The third-order valence-corrected chi connectivity index (χ3v) is 6.41. The Labute approximate surface area is 185 Å². The Morgan fingerprint density at radius 1 is 1.00 bits per heavy atom. The summed E-state index contributed by atoms with van der Waals surface area (Å²) in [6, 6.07) is 6.05. The van der Waals surface area contributed by atoms with Crippen LogP contribution >= 0.6 is 0 Å². The Morgan fingerprint density at radius 2 is 1.71 bits per heavy atom. The molecular formula is C23H35N5O3. The second kappa shape index (κ2) is 10.2. The van der Waals surface area contributed by atoms with Gasteiger partial charge in [0, 0.05) is 59.3 Å². The molecule has 0 aliphatic carbocycles. The van der Waals surface area contributed by atoms with Crippen molar-refractivity contribution in [3.05, 3.63) is 23.8 Å². The normalized spacial score (nSPS) is 21.0. The Hall–Kier alpha value is -2.48. The summed E-state index contributed by atoms with van der Waals surface area (Å²) in [5.41, 5.74) is 1.13. The summed E-state index contributed by atoms with van der Waals surface area (Å²) in [6.07, 6.45) is 3.18. The van der Waals surface area contributed by atoms with E-state index in [1.807, 2.05) is 31.0 Å². The minimum atomic E-state index is -0.0444. The maximum Gasteiger partial charge on any atom is 0.239 e. The standard InChI is InChI=1S/C23H35N5O3/c1-18(22(29)27-8-3-4-9-27)26-10-12-28(13-11-26)23(24-2)25-17-19-6-7-20-21(16-19)31-15-5-14-30-20/h6-7,16,18H,3-5,8-15,17H2,1-2H3,(H,24,25). The highest BCUT2D eigenvalue weighted by Crippen LogP contribution is 2.30. The van der Waals surface area contributed by atoms with Crippen LogP contribution in [-0.4, -0.2) is 92.1 Å². The molecule has 31 heavy (non-hydrogen) atoms. The van der Waals surface area contributed by atoms with Crippen LogP contribution in [0, 0.1) is 0 Å². The molecule has 1 atom stereocenters. The molecule has 3 aliphatic heterocycles. The van der Waals surface area contributed by atoms with Crippen molar-refractivity contribution in [2.24, 2.45) is 4.99 Å². The lowest BCUT2D eigenvalue weighted by Gasteiger charge is -2.39. The zero-order valence-electron chi connectivity index (χ0n) is 18.8. The third-order valence-electron chi connectivity index (χ3n) is 6.41. The number of carbonyl (C=O) groups excluding carboxylic acids is 1. The quantitative estimate of drug-likeness (QED) is 0.579. The Morgan fingerprint density at radius 3 is 2.42 bits per heavy atom. The van der Waals surface area contributed by atoms with Crippen molar-refractivity contribution in [3.63, 3.8) is 0 Å². The smallest absolute Gasteiger partial charge is 0.239 e. The molecule has 1 N–H and O–H groups in total. The second-order valence-corrected chi connectivity index (χ2v) is 8.46. The predicted molar refractivity (Wildman–Crippen MR) is 121 cm³/mol. The number of aliphatic imine (C=N–C) groups is 1. The fraction of sp³-hybridized carbons (Fsp3) is 0.652. The lowest BCUT2D eigenvalue weighted by atomic mass is 10.2. The van der Waals surface area contributed by atoms with Gasteiger partial charge in [-0.3, -0.25) is 14.7 Å². The first-order chi connectivity index (χ1) is 15.2. The van der Waals surface area contributed by atoms with E-state index in [0.717, 1.165) is 81.6 Å². The van der Waals surface area contributed by atoms with Gasteiger partial charge in [0.05, 0.1) is 19.3 Å². The summed E-state index contributed by atoms with van der Waals surface area (Å²) in [6.45, 7) is 9.40. The molecule has 1 aromatic carbocycles. The summed E-state index contributed by atoms with van der Waals surface area (Å²) >= 11 is 0. The highest BCUT2D eigenvalue weighted by atomic mass is 16.5. The number of benzene rings is 1. The summed E-state index contributed by atoms with van der Waals surface area (Å²) in [7, 11) is 1.82. The van der Waals surface area contributed by atoms with E-state index in [2.05, 4.69) is 26.2 Å². The molecule has 2 saturated heterocycles. The van der Waals surface area contributed by atoms with Crippen LogP contribution in [0.2, 0.25) is 0 Å². The van der Waals surface area contributed by atoms with Gasteiger partial charge in [0.2, 0.25) is 5.91 Å². The molecule has 3 aliphatic rings. The molecule has 1 aromatic rings. The number of guanidine groups is 1. The Kier molecular flexibility index (Phi) is 7.17. The van der Waals surface area contributed by atoms with Gasteiger partial charge in [-0.05, 0) is 37.5 Å². The van der Waals surface area contributed by atoms with E-state index in [1.165, 1.54) is 0 Å². The van der Waals surface area contributed by atoms with Crippen LogP contribution in [0.4, 0.5) is 0 Å². The fourth-order valence-electron chi connectivity index (χ4n) is 4.51. The van der Waals surface area contributed by atoms with Crippen molar-refractivity contribution in [1.82, 2.24) is 20.0 Å². The number of nitrogens with zero attached hydrogens (tertiary/aromatic N) is 4. The maximum absolute atomic E-state index is 12.7. The number of rotatable bonds is 4. The molecule has 0 bridgehead atoms. The molecule has 2 fully saturated rings. The molecule has 4 rings (SSSR count). The zero-order valence-corrected chi connectivity index (χ0v) is 18.8. The molecule has 170 valence electrons. The van der Waals surface area contributed by atoms with Crippen LogP contribution in [0.15, 0.2) is 23.2 Å². The molecular weight excluding hydrogens is 394 g/mol. The van der Waals surface area contributed by atoms with E-state index in [1.54, 1.807) is 0 Å². The van der Waals surface area contributed by atoms with Crippen LogP contribution in [-0.2, 0) is 11.3 Å². The highest BCUT2D eigenvalue weighted by molar-refractivity contribution is 5.82. The van der Waals surface area contributed by atoms with Gasteiger partial charge in [0.1, 0.15) is 0 Å². The topological polar surface area (TPSA) is 69.6 Å². The van der Waals surface area contributed by atoms with Crippen molar-refractivity contribution in [1.29, 1.82) is 0 Å². The van der Waals surface area contributed by atoms with E-state index < -0.39 is 0 Å². The first-order valence-corrected chi connectivity index (χ1v) is 11.5. The number of carbonyl (C=O) groups is 1. The Balaban J connectivity index is 1.27. The minimum absolute atomic E-state index is 0.0444. The van der Waals surface area contributed by atoms with Gasteiger partial charge in [-0.2, -0.15) is 0 Å². The van der Waals surface area contributed by atoms with Crippen LogP contribution in [0.5, 0.6) is 11.5 Å². The molecule has 0 radical (unpaired) electrons. The molecule has 3 heterocycles. The van der Waals surface area contributed by atoms with Crippen molar-refractivity contribution in [3.8, 4) is 11.5 Å². The average Bonchev–Trinajstić information content (AvgIpc) is 3.25. The number of likely N-dealkylation sites (tertiary alicyclic amines) is 1. The van der Waals surface area contributed by atoms with E-state index in [9.17, 15) is 4.79 Å². The van der Waals surface area contributed by atoms with Crippen LogP contribution in [0.25, 0.3) is 0 Å². The van der Waals surface area contributed by atoms with E-state index in [0.29, 0.717) is 19.8 Å². The number of piperazine rings is 1. The number of hydrogen-bond acceptors (Lipinski definition) is 5. The van der Waals surface area contributed by atoms with Gasteiger partial charge in [0.15, 0.2) is 17.5 Å². The number of hydrogen-bond donors (Lipinski definition) is 1. The lowest BCUT2D eigenvalue weighted by molar-refractivity contribution is -0.135. The summed E-state index contributed by atoms with van der Waals surface area (Å²) < 4.78 is 11.5. The van der Waals surface area contributed by atoms with E-state index in [-0.39, 0.29) is 11.9 Å². The summed E-state index contributed by atoms with van der Waals surface area (Å²) in [5, 5.41) is 3.48. The lowest BCUT2D eigenvalue weighted by Crippen LogP contribution is -2.57. The van der Waals surface area contributed by atoms with Gasteiger partial charge in [-0.1, -0.05) is 6.07 Å². The molecule has 0 saturated carbocycles. The van der Waals surface area contributed by atoms with E-state index >= 15 is 0 Å². The monoisotopic (exact) mass is 429 g/mol. The van der Waals surface area contributed by atoms with Gasteiger partial charge in [-0.25, -0.2) is 0 Å². The van der Waals surface area contributed by atoms with Crippen LogP contribution in [0.3, 0.4) is 0 Å². The summed E-state index contributed by atoms with van der Waals surface area (Å²) in [5.74, 6) is 2.81. The van der Waals surface area contributed by atoms with Gasteiger partial charge >= 0.3 is 0 Å². The van der Waals surface area contributed by atoms with Crippen molar-refractivity contribution < 1.29 is 14.3 Å². The van der Waals surface area contributed by atoms with Gasteiger partial charge in [0.25, 0.3) is 0 Å². The van der Waals surface area contributed by atoms with Crippen molar-refractivity contribution >= 4 is 11.9 Å². The minimum Gasteiger partial charge on any atom is -0.490 e. The number of ether oxygens (including phenoxy) is 2. The van der Waals surface area contributed by atoms with E-state index in [4.69, 9.17) is 9.47 Å². The average molecular weight is 430 g/mol. The van der Waals surface area contributed by atoms with Gasteiger partial charge in [-0.15, -0.1) is 0 Å². The molecule has 0 spiro atoms. The van der Waals surface area contributed by atoms with Crippen LogP contribution < -0.4 is 14.8 Å². The molecule has 1 amide bonds. The molecule has 8 heteroatoms. The summed E-state index contributed by atoms with van der Waals surface area (Å²) in [4.78, 5) is 23.8. The number of amides is 1. The zero-order chi connectivity index (χ0) is 21.6. The number of fused-ring (bicyclic) bond motifs is 1. The van der Waals surface area contributed by atoms with Crippen molar-refractivity contribution in [2.45, 2.75) is 38.8 Å². The Bertz CT molecular complexity index is 785. The third kappa shape index (κ3) is 5.23. The maximum atomic E-state index is 12.7. The molecule has 0 aromatic heterocycles.